The van der Waals surface area contributed by atoms with Gasteiger partial charge in [-0.1, -0.05) is 0 Å². The highest BCUT2D eigenvalue weighted by molar-refractivity contribution is 5.81. The van der Waals surface area contributed by atoms with Gasteiger partial charge in [0.2, 0.25) is 5.91 Å². The molecule has 0 aromatic heterocycles. The minimum atomic E-state index is -0.241. The molecule has 0 aliphatic carbocycles. The predicted octanol–water partition coefficient (Wildman–Crippen LogP) is -0.620. The van der Waals surface area contributed by atoms with Crippen LogP contribution in [0.3, 0.4) is 0 Å². The maximum Gasteiger partial charge on any atom is 0.235 e. The molecule has 1 heterocycles. The highest BCUT2D eigenvalue weighted by Crippen LogP contribution is 2.11. The number of likely N-dealkylation sites (tertiary alicyclic amines) is 1. The lowest BCUT2D eigenvalue weighted by atomic mass is 10.2. The third kappa shape index (κ3) is 1.21. The largest absolute Gasteiger partial charge is 0.368 e. The summed E-state index contributed by atoms with van der Waals surface area (Å²) in [6, 6.07) is -0.120. The van der Waals surface area contributed by atoms with Crippen LogP contribution in [0.4, 0.5) is 0 Å². The topological polar surface area (TPSA) is 46.3 Å². The van der Waals surface area contributed by atoms with Crippen LogP contribution in [-0.2, 0) is 4.79 Å². The zero-order valence-corrected chi connectivity index (χ0v) is 5.50. The van der Waals surface area contributed by atoms with E-state index in [2.05, 4.69) is 0 Å². The van der Waals surface area contributed by atoms with Gasteiger partial charge in [-0.2, -0.15) is 0 Å². The van der Waals surface area contributed by atoms with Crippen LogP contribution in [-0.4, -0.2) is 30.4 Å². The summed E-state index contributed by atoms with van der Waals surface area (Å²) < 4.78 is 0. The van der Waals surface area contributed by atoms with Gasteiger partial charge in [0.05, 0.1) is 6.04 Å². The molecular formula is C6H11N2O. The number of nitrogens with zero attached hydrogens (tertiary/aromatic N) is 1. The molecule has 1 saturated heterocycles. The average molecular weight is 127 g/mol. The lowest BCUT2D eigenvalue weighted by Gasteiger charge is -2.14. The zero-order valence-electron chi connectivity index (χ0n) is 5.50. The summed E-state index contributed by atoms with van der Waals surface area (Å²) in [4.78, 5) is 12.5. The van der Waals surface area contributed by atoms with E-state index >= 15 is 0 Å². The smallest absolute Gasteiger partial charge is 0.235 e. The molecule has 1 radical (unpaired) electrons. The molecule has 1 aliphatic rings. The van der Waals surface area contributed by atoms with Crippen LogP contribution in [0.5, 0.6) is 0 Å². The van der Waals surface area contributed by atoms with Crippen molar-refractivity contribution in [2.75, 3.05) is 13.6 Å². The second-order valence-corrected chi connectivity index (χ2v) is 2.35. The van der Waals surface area contributed by atoms with Crippen LogP contribution in [0, 0.1) is 6.42 Å². The number of rotatable bonds is 1. The highest BCUT2D eigenvalue weighted by atomic mass is 16.1. The van der Waals surface area contributed by atoms with Gasteiger partial charge < -0.3 is 5.73 Å². The first-order chi connectivity index (χ1) is 4.22. The van der Waals surface area contributed by atoms with Crippen molar-refractivity contribution in [3.05, 3.63) is 6.42 Å². The summed E-state index contributed by atoms with van der Waals surface area (Å²) in [7, 11) is 1.90. The van der Waals surface area contributed by atoms with E-state index in [1.165, 1.54) is 0 Å². The molecule has 51 valence electrons. The first kappa shape index (κ1) is 6.55. The molecular weight excluding hydrogens is 116 g/mol. The Bertz CT molecular complexity index is 124. The van der Waals surface area contributed by atoms with E-state index in [0.717, 1.165) is 13.0 Å². The van der Waals surface area contributed by atoms with Crippen LogP contribution in [0.25, 0.3) is 0 Å². The summed E-state index contributed by atoms with van der Waals surface area (Å²) in [5.41, 5.74) is 5.08. The normalized spacial score (nSPS) is 28.8. The molecule has 0 aromatic carbocycles. The molecule has 0 bridgehead atoms. The Balaban J connectivity index is 2.49. The minimum Gasteiger partial charge on any atom is -0.368 e. The van der Waals surface area contributed by atoms with E-state index in [1.54, 1.807) is 0 Å². The fourth-order valence-electron chi connectivity index (χ4n) is 1.09. The number of nitrogens with two attached hydrogens (primary N) is 1. The van der Waals surface area contributed by atoms with E-state index in [9.17, 15) is 4.79 Å². The SMILES string of the molecule is CN1CC[CH]C1C(N)=O. The van der Waals surface area contributed by atoms with E-state index < -0.39 is 0 Å². The third-order valence-corrected chi connectivity index (χ3v) is 1.64. The van der Waals surface area contributed by atoms with Crippen molar-refractivity contribution in [2.45, 2.75) is 12.5 Å². The number of hydrogen-bond acceptors (Lipinski definition) is 2. The van der Waals surface area contributed by atoms with Gasteiger partial charge in [0.1, 0.15) is 0 Å². The van der Waals surface area contributed by atoms with Gasteiger partial charge in [0.15, 0.2) is 0 Å². The lowest BCUT2D eigenvalue weighted by molar-refractivity contribution is -0.120. The number of primary amides is 1. The van der Waals surface area contributed by atoms with Gasteiger partial charge in [-0.15, -0.1) is 0 Å². The second-order valence-electron chi connectivity index (χ2n) is 2.35. The average Bonchev–Trinajstić information content (AvgIpc) is 2.13. The maximum atomic E-state index is 10.6. The summed E-state index contributed by atoms with van der Waals surface area (Å²) >= 11 is 0. The third-order valence-electron chi connectivity index (χ3n) is 1.64. The van der Waals surface area contributed by atoms with Crippen molar-refractivity contribution in [1.82, 2.24) is 4.90 Å². The van der Waals surface area contributed by atoms with Gasteiger partial charge in [-0.25, -0.2) is 0 Å². The Morgan fingerprint density at radius 1 is 1.89 bits per heavy atom. The van der Waals surface area contributed by atoms with Crippen LogP contribution < -0.4 is 5.73 Å². The predicted molar refractivity (Wildman–Crippen MR) is 34.5 cm³/mol. The molecule has 0 saturated carbocycles. The van der Waals surface area contributed by atoms with E-state index in [4.69, 9.17) is 5.73 Å². The standard InChI is InChI=1S/C6H11N2O/c1-8-4-2-3-5(8)6(7)9/h3,5H,2,4H2,1H3,(H2,7,9). The highest BCUT2D eigenvalue weighted by Gasteiger charge is 2.25. The number of likely N-dealkylation sites (N-methyl/N-ethyl adjacent to an activating group) is 1. The fraction of sp³-hybridized carbons (Fsp3) is 0.667. The van der Waals surface area contributed by atoms with Gasteiger partial charge in [-0.3, -0.25) is 9.69 Å². The van der Waals surface area contributed by atoms with Gasteiger partial charge in [-0.05, 0) is 26.4 Å². The monoisotopic (exact) mass is 127 g/mol. The van der Waals surface area contributed by atoms with Crippen LogP contribution >= 0.6 is 0 Å². The van der Waals surface area contributed by atoms with Crippen molar-refractivity contribution >= 4 is 5.91 Å². The Morgan fingerprint density at radius 3 is 2.78 bits per heavy atom. The number of amides is 1. The summed E-state index contributed by atoms with van der Waals surface area (Å²) in [5.74, 6) is -0.241. The quantitative estimate of drug-likeness (QED) is 0.510. The Morgan fingerprint density at radius 2 is 2.56 bits per heavy atom. The van der Waals surface area contributed by atoms with Gasteiger partial charge >= 0.3 is 0 Å². The molecule has 1 atom stereocenters. The molecule has 9 heavy (non-hydrogen) atoms. The van der Waals surface area contributed by atoms with Crippen molar-refractivity contribution in [3.63, 3.8) is 0 Å². The summed E-state index contributed by atoms with van der Waals surface area (Å²) in [6.07, 6.45) is 2.92. The molecule has 2 N–H and O–H groups in total. The van der Waals surface area contributed by atoms with Crippen molar-refractivity contribution in [3.8, 4) is 0 Å². The molecule has 3 heteroatoms. The van der Waals surface area contributed by atoms with E-state index in [-0.39, 0.29) is 11.9 Å². The fourth-order valence-corrected chi connectivity index (χ4v) is 1.09. The van der Waals surface area contributed by atoms with Crippen LogP contribution in [0.2, 0.25) is 0 Å². The van der Waals surface area contributed by atoms with E-state index in [0.29, 0.717) is 0 Å². The van der Waals surface area contributed by atoms with Crippen molar-refractivity contribution in [2.24, 2.45) is 5.73 Å². The Labute approximate surface area is 54.8 Å². The Kier molecular flexibility index (Phi) is 1.71. The number of hydrogen-bond donors (Lipinski definition) is 1. The van der Waals surface area contributed by atoms with Crippen LogP contribution in [0.1, 0.15) is 6.42 Å². The van der Waals surface area contributed by atoms with Gasteiger partial charge in [0.25, 0.3) is 0 Å². The number of carbonyl (C=O) groups excluding carboxylic acids is 1. The summed E-state index contributed by atoms with van der Waals surface area (Å²) in [6.45, 7) is 0.952. The molecule has 0 aromatic rings. The molecule has 0 spiro atoms. The first-order valence-electron chi connectivity index (χ1n) is 3.04. The second kappa shape index (κ2) is 2.35. The van der Waals surface area contributed by atoms with E-state index in [1.807, 2.05) is 18.4 Å². The minimum absolute atomic E-state index is 0.120. The van der Waals surface area contributed by atoms with Crippen molar-refractivity contribution in [1.29, 1.82) is 0 Å². The van der Waals surface area contributed by atoms with Crippen molar-refractivity contribution < 1.29 is 4.79 Å². The maximum absolute atomic E-state index is 10.6. The molecule has 1 fully saturated rings. The Hall–Kier alpha value is -0.570. The van der Waals surface area contributed by atoms with Crippen LogP contribution in [0.15, 0.2) is 0 Å². The zero-order chi connectivity index (χ0) is 6.85. The molecule has 1 rings (SSSR count). The molecule has 1 amide bonds. The molecule has 3 nitrogen and oxygen atoms in total. The van der Waals surface area contributed by atoms with Gasteiger partial charge in [0, 0.05) is 0 Å². The summed E-state index contributed by atoms with van der Waals surface area (Å²) in [5, 5.41) is 0. The lowest BCUT2D eigenvalue weighted by Crippen LogP contribution is -2.37. The first-order valence-corrected chi connectivity index (χ1v) is 3.04. The number of carbonyl (C=O) groups is 1. The molecule has 1 unspecified atom stereocenters. The molecule has 1 aliphatic heterocycles.